The molecule has 0 N–H and O–H groups in total. The molecule has 0 aromatic heterocycles. The van der Waals surface area contributed by atoms with Crippen molar-refractivity contribution in [2.45, 2.75) is 27.2 Å². The molecule has 0 heterocycles. The van der Waals surface area contributed by atoms with Gasteiger partial charge in [-0.3, -0.25) is 0 Å². The average Bonchev–Trinajstić information content (AvgIpc) is 2.18. The van der Waals surface area contributed by atoms with Gasteiger partial charge in [0.25, 0.3) is 6.43 Å². The molecule has 0 unspecified atom stereocenters. The van der Waals surface area contributed by atoms with Gasteiger partial charge in [0.2, 0.25) is 0 Å². The second kappa shape index (κ2) is 6.92. The van der Waals surface area contributed by atoms with Crippen molar-refractivity contribution in [3.63, 3.8) is 0 Å². The highest BCUT2D eigenvalue weighted by molar-refractivity contribution is 6.14. The molecule has 0 saturated heterocycles. The molecule has 0 fully saturated rings. The third-order valence-electron chi connectivity index (χ3n) is 1.68. The van der Waals surface area contributed by atoms with Gasteiger partial charge < -0.3 is 9.47 Å². The molecule has 16 heavy (non-hydrogen) atoms. The van der Waals surface area contributed by atoms with Crippen molar-refractivity contribution in [1.29, 1.82) is 0 Å². The molecule has 0 aliphatic rings. The topological polar surface area (TPSA) is 52.6 Å². The zero-order valence-electron chi connectivity index (χ0n) is 9.38. The Hall–Kier alpha value is -1.46. The zero-order valence-corrected chi connectivity index (χ0v) is 9.38. The Balaban J connectivity index is 5.13. The molecule has 0 aliphatic carbocycles. The monoisotopic (exact) mass is 236 g/mol. The number of halogens is 2. The van der Waals surface area contributed by atoms with Crippen molar-refractivity contribution in [3.05, 3.63) is 11.1 Å². The lowest BCUT2D eigenvalue weighted by Gasteiger charge is -2.09. The number of alkyl halides is 2. The van der Waals surface area contributed by atoms with Crippen LogP contribution in [0.4, 0.5) is 8.78 Å². The SMILES string of the molecule is CCOC(=O)C(C(=O)OCC)=C(C)C(F)F. The standard InChI is InChI=1S/C10H14F2O4/c1-4-15-9(13)7(6(3)8(11)12)10(14)16-5-2/h8H,4-5H2,1-3H3. The summed E-state index contributed by atoms with van der Waals surface area (Å²) in [5, 5.41) is 0. The number of carbonyl (C=O) groups excluding carboxylic acids is 2. The maximum Gasteiger partial charge on any atom is 0.345 e. The van der Waals surface area contributed by atoms with Gasteiger partial charge in [0.1, 0.15) is 5.57 Å². The fourth-order valence-electron chi connectivity index (χ4n) is 0.921. The Bertz CT molecular complexity index is 277. The van der Waals surface area contributed by atoms with E-state index in [1.807, 2.05) is 0 Å². The zero-order chi connectivity index (χ0) is 12.7. The van der Waals surface area contributed by atoms with E-state index in [0.29, 0.717) is 0 Å². The van der Waals surface area contributed by atoms with Crippen molar-refractivity contribution in [2.24, 2.45) is 0 Å². The van der Waals surface area contributed by atoms with E-state index >= 15 is 0 Å². The predicted molar refractivity (Wildman–Crippen MR) is 52.0 cm³/mol. The molecule has 0 rings (SSSR count). The Morgan fingerprint density at radius 3 is 1.69 bits per heavy atom. The van der Waals surface area contributed by atoms with Crippen molar-refractivity contribution < 1.29 is 27.8 Å². The summed E-state index contributed by atoms with van der Waals surface area (Å²) in [6.07, 6.45) is -2.90. The maximum absolute atomic E-state index is 12.4. The molecule has 0 spiro atoms. The predicted octanol–water partition coefficient (Wildman–Crippen LogP) is 1.69. The number of esters is 2. The van der Waals surface area contributed by atoms with Crippen molar-refractivity contribution in [2.75, 3.05) is 13.2 Å². The Labute approximate surface area is 92.2 Å². The molecule has 0 radical (unpaired) electrons. The lowest BCUT2D eigenvalue weighted by atomic mass is 10.1. The molecule has 0 aromatic carbocycles. The van der Waals surface area contributed by atoms with Gasteiger partial charge >= 0.3 is 11.9 Å². The quantitative estimate of drug-likeness (QED) is 0.315. The highest BCUT2D eigenvalue weighted by Crippen LogP contribution is 2.16. The first kappa shape index (κ1) is 14.5. The van der Waals surface area contributed by atoms with Gasteiger partial charge in [-0.1, -0.05) is 0 Å². The van der Waals surface area contributed by atoms with Gasteiger partial charge in [-0.05, 0) is 20.8 Å². The fourth-order valence-corrected chi connectivity index (χ4v) is 0.921. The summed E-state index contributed by atoms with van der Waals surface area (Å²) in [5.74, 6) is -2.17. The molecule has 0 aromatic rings. The van der Waals surface area contributed by atoms with Gasteiger partial charge in [-0.15, -0.1) is 0 Å². The first-order valence-corrected chi connectivity index (χ1v) is 4.78. The molecule has 4 nitrogen and oxygen atoms in total. The molecule has 92 valence electrons. The summed E-state index contributed by atoms with van der Waals surface area (Å²) < 4.78 is 33.8. The van der Waals surface area contributed by atoms with Crippen LogP contribution in [0.1, 0.15) is 20.8 Å². The van der Waals surface area contributed by atoms with Gasteiger partial charge in [-0.2, -0.15) is 0 Å². The van der Waals surface area contributed by atoms with Crippen LogP contribution in [0.25, 0.3) is 0 Å². The summed E-state index contributed by atoms with van der Waals surface area (Å²) in [5.41, 5.74) is -1.37. The molecular weight excluding hydrogens is 222 g/mol. The number of carbonyl (C=O) groups is 2. The minimum absolute atomic E-state index is 0.00173. The number of hydrogen-bond donors (Lipinski definition) is 0. The fraction of sp³-hybridized carbons (Fsp3) is 0.600. The van der Waals surface area contributed by atoms with E-state index in [1.54, 1.807) is 0 Å². The molecule has 0 bridgehead atoms. The third-order valence-corrected chi connectivity index (χ3v) is 1.68. The van der Waals surface area contributed by atoms with E-state index in [1.165, 1.54) is 13.8 Å². The molecule has 0 atom stereocenters. The summed E-state index contributed by atoms with van der Waals surface area (Å²) in [6, 6.07) is 0. The van der Waals surface area contributed by atoms with Crippen LogP contribution in [-0.2, 0) is 19.1 Å². The summed E-state index contributed by atoms with van der Waals surface area (Å²) in [6.45, 7) is 4.01. The van der Waals surface area contributed by atoms with Crippen LogP contribution in [0.5, 0.6) is 0 Å². The van der Waals surface area contributed by atoms with Gasteiger partial charge in [-0.25, -0.2) is 18.4 Å². The second-order valence-corrected chi connectivity index (χ2v) is 2.80. The molecule has 6 heteroatoms. The van der Waals surface area contributed by atoms with Crippen LogP contribution >= 0.6 is 0 Å². The molecule has 0 amide bonds. The van der Waals surface area contributed by atoms with Crippen molar-refractivity contribution in [1.82, 2.24) is 0 Å². The summed E-state index contributed by atoms with van der Waals surface area (Å²) in [7, 11) is 0. The Morgan fingerprint density at radius 2 is 1.44 bits per heavy atom. The maximum atomic E-state index is 12.4. The molecular formula is C10H14F2O4. The number of allylic oxidation sites excluding steroid dienone is 1. The van der Waals surface area contributed by atoms with Crippen LogP contribution in [-0.4, -0.2) is 31.6 Å². The van der Waals surface area contributed by atoms with E-state index in [0.717, 1.165) is 6.92 Å². The van der Waals surface area contributed by atoms with Crippen LogP contribution < -0.4 is 0 Å². The lowest BCUT2D eigenvalue weighted by Crippen LogP contribution is -2.21. The van der Waals surface area contributed by atoms with E-state index in [-0.39, 0.29) is 13.2 Å². The van der Waals surface area contributed by atoms with Gasteiger partial charge in [0, 0.05) is 5.57 Å². The Morgan fingerprint density at radius 1 is 1.06 bits per heavy atom. The first-order valence-electron chi connectivity index (χ1n) is 4.78. The number of rotatable bonds is 5. The van der Waals surface area contributed by atoms with Crippen LogP contribution in [0, 0.1) is 0 Å². The highest BCUT2D eigenvalue weighted by atomic mass is 19.3. The highest BCUT2D eigenvalue weighted by Gasteiger charge is 2.27. The first-order chi connectivity index (χ1) is 7.45. The normalized spacial score (nSPS) is 9.88. The largest absolute Gasteiger partial charge is 0.462 e. The number of hydrogen-bond acceptors (Lipinski definition) is 4. The number of ether oxygens (including phenoxy) is 2. The second-order valence-electron chi connectivity index (χ2n) is 2.80. The van der Waals surface area contributed by atoms with E-state index in [9.17, 15) is 18.4 Å². The van der Waals surface area contributed by atoms with Crippen LogP contribution in [0.2, 0.25) is 0 Å². The molecule has 0 aliphatic heterocycles. The lowest BCUT2D eigenvalue weighted by molar-refractivity contribution is -0.146. The van der Waals surface area contributed by atoms with Crippen molar-refractivity contribution >= 4 is 11.9 Å². The van der Waals surface area contributed by atoms with E-state index < -0.39 is 29.5 Å². The van der Waals surface area contributed by atoms with Crippen molar-refractivity contribution in [3.8, 4) is 0 Å². The van der Waals surface area contributed by atoms with Gasteiger partial charge in [0.05, 0.1) is 13.2 Å². The summed E-state index contributed by atoms with van der Waals surface area (Å²) in [4.78, 5) is 22.6. The minimum Gasteiger partial charge on any atom is -0.462 e. The van der Waals surface area contributed by atoms with E-state index in [4.69, 9.17) is 0 Å². The average molecular weight is 236 g/mol. The van der Waals surface area contributed by atoms with Crippen LogP contribution in [0.3, 0.4) is 0 Å². The third kappa shape index (κ3) is 3.96. The summed E-state index contributed by atoms with van der Waals surface area (Å²) >= 11 is 0. The van der Waals surface area contributed by atoms with Gasteiger partial charge in [0.15, 0.2) is 0 Å². The molecule has 0 saturated carbocycles. The van der Waals surface area contributed by atoms with E-state index in [2.05, 4.69) is 9.47 Å². The Kier molecular flexibility index (Phi) is 6.29. The van der Waals surface area contributed by atoms with Crippen LogP contribution in [0.15, 0.2) is 11.1 Å². The smallest absolute Gasteiger partial charge is 0.345 e. The minimum atomic E-state index is -2.90.